The second-order valence-corrected chi connectivity index (χ2v) is 5.24. The summed E-state index contributed by atoms with van der Waals surface area (Å²) < 4.78 is 5.32. The lowest BCUT2D eigenvalue weighted by Gasteiger charge is -2.32. The molecule has 2 aliphatic rings. The van der Waals surface area contributed by atoms with Crippen molar-refractivity contribution < 1.29 is 4.74 Å². The summed E-state index contributed by atoms with van der Waals surface area (Å²) in [6, 6.07) is 8.59. The van der Waals surface area contributed by atoms with E-state index in [1.54, 1.807) is 7.11 Å². The predicted octanol–water partition coefficient (Wildman–Crippen LogP) is 2.04. The van der Waals surface area contributed by atoms with Crippen LogP contribution in [0.2, 0.25) is 0 Å². The van der Waals surface area contributed by atoms with Gasteiger partial charge in [-0.05, 0) is 24.2 Å². The molecule has 2 aliphatic heterocycles. The zero-order chi connectivity index (χ0) is 13.2. The van der Waals surface area contributed by atoms with Crippen molar-refractivity contribution in [2.24, 2.45) is 11.0 Å². The van der Waals surface area contributed by atoms with Crippen LogP contribution in [-0.4, -0.2) is 37.4 Å². The molecule has 2 heterocycles. The van der Waals surface area contributed by atoms with Gasteiger partial charge in [-0.15, -0.1) is 0 Å². The molecule has 19 heavy (non-hydrogen) atoms. The SMILES string of the molecule is CCN1CCC2=NNC(c3cccc(OC)c3)C2C1. The third-order valence-corrected chi connectivity index (χ3v) is 4.22. The quantitative estimate of drug-likeness (QED) is 0.902. The number of hydrazone groups is 1. The number of rotatable bonds is 3. The Labute approximate surface area is 114 Å². The zero-order valence-corrected chi connectivity index (χ0v) is 11.6. The first kappa shape index (κ1) is 12.5. The minimum Gasteiger partial charge on any atom is -0.497 e. The molecule has 0 spiro atoms. The Morgan fingerprint density at radius 3 is 3.16 bits per heavy atom. The summed E-state index contributed by atoms with van der Waals surface area (Å²) in [5.41, 5.74) is 5.91. The Balaban J connectivity index is 1.82. The number of benzene rings is 1. The maximum Gasteiger partial charge on any atom is 0.119 e. The minimum atomic E-state index is 0.291. The number of piperidine rings is 1. The first-order valence-corrected chi connectivity index (χ1v) is 7.00. The molecule has 0 radical (unpaired) electrons. The molecule has 0 amide bonds. The van der Waals surface area contributed by atoms with Crippen LogP contribution in [0, 0.1) is 5.92 Å². The van der Waals surface area contributed by atoms with Gasteiger partial charge >= 0.3 is 0 Å². The highest BCUT2D eigenvalue weighted by Crippen LogP contribution is 2.33. The van der Waals surface area contributed by atoms with Crippen molar-refractivity contribution in [3.63, 3.8) is 0 Å². The van der Waals surface area contributed by atoms with Crippen LogP contribution >= 0.6 is 0 Å². The second kappa shape index (κ2) is 5.21. The van der Waals surface area contributed by atoms with Gasteiger partial charge in [0.25, 0.3) is 0 Å². The molecule has 4 nitrogen and oxygen atoms in total. The van der Waals surface area contributed by atoms with Crippen LogP contribution in [-0.2, 0) is 0 Å². The Morgan fingerprint density at radius 1 is 1.47 bits per heavy atom. The molecule has 1 fully saturated rings. The number of nitrogens with zero attached hydrogens (tertiary/aromatic N) is 2. The molecule has 1 aromatic carbocycles. The fourth-order valence-corrected chi connectivity index (χ4v) is 3.04. The van der Waals surface area contributed by atoms with Crippen LogP contribution in [0.4, 0.5) is 0 Å². The topological polar surface area (TPSA) is 36.9 Å². The van der Waals surface area contributed by atoms with Crippen molar-refractivity contribution in [3.05, 3.63) is 29.8 Å². The van der Waals surface area contributed by atoms with Crippen molar-refractivity contribution >= 4 is 5.71 Å². The maximum atomic E-state index is 5.32. The molecule has 0 aromatic heterocycles. The highest BCUT2D eigenvalue weighted by molar-refractivity contribution is 5.89. The molecule has 3 rings (SSSR count). The van der Waals surface area contributed by atoms with Gasteiger partial charge < -0.3 is 15.1 Å². The van der Waals surface area contributed by atoms with E-state index in [4.69, 9.17) is 4.74 Å². The van der Waals surface area contributed by atoms with Crippen molar-refractivity contribution in [2.75, 3.05) is 26.7 Å². The van der Waals surface area contributed by atoms with E-state index in [2.05, 4.69) is 34.5 Å². The number of fused-ring (bicyclic) bond motifs is 1. The molecule has 0 bridgehead atoms. The number of hydrogen-bond donors (Lipinski definition) is 1. The van der Waals surface area contributed by atoms with E-state index in [1.807, 2.05) is 12.1 Å². The van der Waals surface area contributed by atoms with Gasteiger partial charge in [-0.1, -0.05) is 19.1 Å². The summed E-state index contributed by atoms with van der Waals surface area (Å²) in [6.07, 6.45) is 1.09. The molecule has 2 atom stereocenters. The van der Waals surface area contributed by atoms with E-state index in [9.17, 15) is 0 Å². The van der Waals surface area contributed by atoms with E-state index >= 15 is 0 Å². The van der Waals surface area contributed by atoms with Gasteiger partial charge in [0.05, 0.1) is 13.2 Å². The van der Waals surface area contributed by atoms with E-state index in [1.165, 1.54) is 11.3 Å². The van der Waals surface area contributed by atoms with E-state index < -0.39 is 0 Å². The van der Waals surface area contributed by atoms with Gasteiger partial charge in [0, 0.05) is 31.1 Å². The molecule has 2 unspecified atom stereocenters. The minimum absolute atomic E-state index is 0.291. The Kier molecular flexibility index (Phi) is 3.42. The second-order valence-electron chi connectivity index (χ2n) is 5.24. The number of ether oxygens (including phenoxy) is 1. The van der Waals surface area contributed by atoms with Gasteiger partial charge in [0.15, 0.2) is 0 Å². The van der Waals surface area contributed by atoms with Crippen molar-refractivity contribution in [2.45, 2.75) is 19.4 Å². The molecular weight excluding hydrogens is 238 g/mol. The average Bonchev–Trinajstić information content (AvgIpc) is 2.90. The van der Waals surface area contributed by atoms with Gasteiger partial charge in [0.2, 0.25) is 0 Å². The molecular formula is C15H21N3O. The predicted molar refractivity (Wildman–Crippen MR) is 76.5 cm³/mol. The lowest BCUT2D eigenvalue weighted by atomic mass is 9.86. The zero-order valence-electron chi connectivity index (χ0n) is 11.6. The first-order valence-electron chi connectivity index (χ1n) is 7.00. The third-order valence-electron chi connectivity index (χ3n) is 4.22. The summed E-state index contributed by atoms with van der Waals surface area (Å²) in [4.78, 5) is 2.50. The van der Waals surface area contributed by atoms with Gasteiger partial charge in [-0.2, -0.15) is 5.10 Å². The molecule has 0 saturated carbocycles. The molecule has 0 aliphatic carbocycles. The Hall–Kier alpha value is -1.55. The van der Waals surface area contributed by atoms with Crippen LogP contribution in [0.3, 0.4) is 0 Å². The Bertz CT molecular complexity index is 486. The van der Waals surface area contributed by atoms with Crippen LogP contribution in [0.1, 0.15) is 24.9 Å². The van der Waals surface area contributed by atoms with E-state index in [0.717, 1.165) is 31.8 Å². The fraction of sp³-hybridized carbons (Fsp3) is 0.533. The highest BCUT2D eigenvalue weighted by Gasteiger charge is 2.36. The third kappa shape index (κ3) is 2.32. The van der Waals surface area contributed by atoms with Crippen LogP contribution < -0.4 is 10.2 Å². The average molecular weight is 259 g/mol. The summed E-state index contributed by atoms with van der Waals surface area (Å²) in [6.45, 7) is 5.59. The standard InChI is InChI=1S/C15H21N3O/c1-3-18-8-7-14-13(10-18)15(17-16-14)11-5-4-6-12(9-11)19-2/h4-6,9,13,15,17H,3,7-8,10H2,1-2H3. The van der Waals surface area contributed by atoms with Gasteiger partial charge in [0.1, 0.15) is 5.75 Å². The van der Waals surface area contributed by atoms with Gasteiger partial charge in [-0.3, -0.25) is 0 Å². The molecule has 102 valence electrons. The molecule has 1 saturated heterocycles. The van der Waals surface area contributed by atoms with Crippen molar-refractivity contribution in [3.8, 4) is 5.75 Å². The van der Waals surface area contributed by atoms with Crippen LogP contribution in [0.5, 0.6) is 5.75 Å². The van der Waals surface area contributed by atoms with Gasteiger partial charge in [-0.25, -0.2) is 0 Å². The highest BCUT2D eigenvalue weighted by atomic mass is 16.5. The summed E-state index contributed by atoms with van der Waals surface area (Å²) in [5, 5.41) is 4.54. The summed E-state index contributed by atoms with van der Waals surface area (Å²) in [5.74, 6) is 1.41. The largest absolute Gasteiger partial charge is 0.497 e. The monoisotopic (exact) mass is 259 g/mol. The van der Waals surface area contributed by atoms with E-state index in [0.29, 0.717) is 12.0 Å². The lowest BCUT2D eigenvalue weighted by molar-refractivity contribution is 0.238. The lowest BCUT2D eigenvalue weighted by Crippen LogP contribution is -2.41. The van der Waals surface area contributed by atoms with Crippen LogP contribution in [0.25, 0.3) is 0 Å². The number of hydrogen-bond acceptors (Lipinski definition) is 4. The normalized spacial score (nSPS) is 26.5. The number of likely N-dealkylation sites (tertiary alicyclic amines) is 1. The molecule has 1 N–H and O–H groups in total. The smallest absolute Gasteiger partial charge is 0.119 e. The summed E-state index contributed by atoms with van der Waals surface area (Å²) in [7, 11) is 1.71. The van der Waals surface area contributed by atoms with Crippen molar-refractivity contribution in [1.82, 2.24) is 10.3 Å². The van der Waals surface area contributed by atoms with E-state index in [-0.39, 0.29) is 0 Å². The van der Waals surface area contributed by atoms with Crippen LogP contribution in [0.15, 0.2) is 29.4 Å². The number of nitrogens with one attached hydrogen (secondary N) is 1. The number of methoxy groups -OCH3 is 1. The fourth-order valence-electron chi connectivity index (χ4n) is 3.04. The Morgan fingerprint density at radius 2 is 2.37 bits per heavy atom. The maximum absolute atomic E-state index is 5.32. The molecule has 4 heteroatoms. The first-order chi connectivity index (χ1) is 9.31. The van der Waals surface area contributed by atoms with Crippen molar-refractivity contribution in [1.29, 1.82) is 0 Å². The molecule has 1 aromatic rings. The summed E-state index contributed by atoms with van der Waals surface area (Å²) >= 11 is 0.